The third-order valence-corrected chi connectivity index (χ3v) is 1.53. The number of ether oxygens (including phenoxy) is 1. The molecule has 15 heavy (non-hydrogen) atoms. The van der Waals surface area contributed by atoms with Gasteiger partial charge in [0.05, 0.1) is 0 Å². The number of nitriles is 1. The van der Waals surface area contributed by atoms with Crippen LogP contribution in [-0.2, 0) is 9.53 Å². The van der Waals surface area contributed by atoms with Gasteiger partial charge in [-0.05, 0) is 27.2 Å². The fourth-order valence-electron chi connectivity index (χ4n) is 0.881. The molecule has 0 aromatic rings. The third-order valence-electron chi connectivity index (χ3n) is 1.53. The summed E-state index contributed by atoms with van der Waals surface area (Å²) in [4.78, 5) is 22.3. The Kier molecular flexibility index (Phi) is 4.79. The van der Waals surface area contributed by atoms with Crippen molar-refractivity contribution in [1.82, 2.24) is 5.32 Å². The fourth-order valence-corrected chi connectivity index (χ4v) is 0.881. The van der Waals surface area contributed by atoms with Crippen molar-refractivity contribution in [2.45, 2.75) is 45.8 Å². The molecule has 84 valence electrons. The molecular formula is C10H16N2O3. The summed E-state index contributed by atoms with van der Waals surface area (Å²) in [6.07, 6.45) is -0.316. The number of hydrogen-bond acceptors (Lipinski definition) is 4. The number of nitrogens with zero attached hydrogens (tertiary/aromatic N) is 1. The standard InChI is InChI=1S/C10H16N2O3/c1-5-7(8(13)6-11)12-9(14)15-10(2,3)4/h7H,5H2,1-4H3,(H,12,14)/t7-/m0/s1. The number of rotatable bonds is 3. The van der Waals surface area contributed by atoms with Crippen LogP contribution in [0.1, 0.15) is 34.1 Å². The minimum Gasteiger partial charge on any atom is -0.444 e. The van der Waals surface area contributed by atoms with Gasteiger partial charge in [0, 0.05) is 0 Å². The van der Waals surface area contributed by atoms with Crippen LogP contribution in [0.5, 0.6) is 0 Å². The summed E-state index contributed by atoms with van der Waals surface area (Å²) in [5.74, 6) is -0.664. The highest BCUT2D eigenvalue weighted by Crippen LogP contribution is 2.07. The molecule has 0 fully saturated rings. The number of hydrogen-bond donors (Lipinski definition) is 1. The maximum Gasteiger partial charge on any atom is 0.408 e. The van der Waals surface area contributed by atoms with Crippen LogP contribution in [0.4, 0.5) is 4.79 Å². The minimum atomic E-state index is -0.787. The molecule has 0 radical (unpaired) electrons. The van der Waals surface area contributed by atoms with E-state index in [1.165, 1.54) is 6.07 Å². The van der Waals surface area contributed by atoms with Gasteiger partial charge in [-0.3, -0.25) is 4.79 Å². The van der Waals surface area contributed by atoms with Crippen molar-refractivity contribution in [2.24, 2.45) is 0 Å². The zero-order valence-corrected chi connectivity index (χ0v) is 9.46. The Morgan fingerprint density at radius 2 is 2.00 bits per heavy atom. The molecule has 0 saturated carbocycles. The second-order valence-corrected chi connectivity index (χ2v) is 4.08. The molecule has 0 aliphatic heterocycles. The zero-order chi connectivity index (χ0) is 12.1. The molecule has 0 heterocycles. The molecule has 5 nitrogen and oxygen atoms in total. The van der Waals surface area contributed by atoms with Gasteiger partial charge in [0.25, 0.3) is 5.78 Å². The van der Waals surface area contributed by atoms with Crippen molar-refractivity contribution in [1.29, 1.82) is 5.26 Å². The summed E-state index contributed by atoms with van der Waals surface area (Å²) < 4.78 is 4.95. The lowest BCUT2D eigenvalue weighted by atomic mass is 10.1. The van der Waals surface area contributed by atoms with Crippen LogP contribution in [0.15, 0.2) is 0 Å². The molecule has 1 amide bonds. The predicted octanol–water partition coefficient (Wildman–Crippen LogP) is 1.38. The van der Waals surface area contributed by atoms with E-state index >= 15 is 0 Å². The molecular weight excluding hydrogens is 196 g/mol. The summed E-state index contributed by atoms with van der Waals surface area (Å²) in [6.45, 7) is 6.87. The molecule has 0 aliphatic carbocycles. The largest absolute Gasteiger partial charge is 0.444 e. The van der Waals surface area contributed by atoms with Crippen molar-refractivity contribution in [3.05, 3.63) is 0 Å². The number of ketones is 1. The molecule has 5 heteroatoms. The van der Waals surface area contributed by atoms with Crippen LogP contribution < -0.4 is 5.32 Å². The van der Waals surface area contributed by atoms with Crippen LogP contribution >= 0.6 is 0 Å². The first-order valence-corrected chi connectivity index (χ1v) is 4.73. The SMILES string of the molecule is CC[C@H](NC(=O)OC(C)(C)C)C(=O)C#N. The predicted molar refractivity (Wildman–Crippen MR) is 54.1 cm³/mol. The van der Waals surface area contributed by atoms with Crippen LogP contribution in [0, 0.1) is 11.3 Å². The summed E-state index contributed by atoms with van der Waals surface area (Å²) in [5, 5.41) is 10.7. The Morgan fingerprint density at radius 1 is 1.47 bits per heavy atom. The number of carbonyl (C=O) groups excluding carboxylic acids is 2. The van der Waals surface area contributed by atoms with Crippen molar-refractivity contribution in [3.63, 3.8) is 0 Å². The molecule has 1 N–H and O–H groups in total. The van der Waals surface area contributed by atoms with Gasteiger partial charge in [0.2, 0.25) is 0 Å². The lowest BCUT2D eigenvalue weighted by molar-refractivity contribution is -0.116. The van der Waals surface area contributed by atoms with E-state index in [1.54, 1.807) is 27.7 Å². The number of nitrogens with one attached hydrogen (secondary N) is 1. The van der Waals surface area contributed by atoms with Gasteiger partial charge < -0.3 is 10.1 Å². The smallest absolute Gasteiger partial charge is 0.408 e. The van der Waals surface area contributed by atoms with Crippen LogP contribution in [0.25, 0.3) is 0 Å². The molecule has 0 unspecified atom stereocenters. The van der Waals surface area contributed by atoms with Crippen molar-refractivity contribution < 1.29 is 14.3 Å². The lowest BCUT2D eigenvalue weighted by Gasteiger charge is -2.21. The van der Waals surface area contributed by atoms with E-state index in [4.69, 9.17) is 10.00 Å². The maximum absolute atomic E-state index is 11.3. The van der Waals surface area contributed by atoms with E-state index in [1.807, 2.05) is 0 Å². The second-order valence-electron chi connectivity index (χ2n) is 4.08. The molecule has 0 saturated heterocycles. The Labute approximate surface area is 89.4 Å². The molecule has 0 bridgehead atoms. The number of Topliss-reactive ketones (excluding diaryl/α,β-unsaturated/α-hetero) is 1. The molecule has 1 atom stereocenters. The van der Waals surface area contributed by atoms with Crippen LogP contribution in [0.3, 0.4) is 0 Å². The number of carbonyl (C=O) groups is 2. The fraction of sp³-hybridized carbons (Fsp3) is 0.700. The molecule has 0 aromatic heterocycles. The van der Waals surface area contributed by atoms with Gasteiger partial charge in [-0.2, -0.15) is 5.26 Å². The van der Waals surface area contributed by atoms with Crippen LogP contribution in [-0.4, -0.2) is 23.5 Å². The molecule has 0 rings (SSSR count). The van der Waals surface area contributed by atoms with Gasteiger partial charge in [0.15, 0.2) is 0 Å². The topological polar surface area (TPSA) is 79.2 Å². The average molecular weight is 212 g/mol. The van der Waals surface area contributed by atoms with Gasteiger partial charge >= 0.3 is 6.09 Å². The quantitative estimate of drug-likeness (QED) is 0.717. The van der Waals surface area contributed by atoms with Crippen LogP contribution in [0.2, 0.25) is 0 Å². The number of alkyl carbamates (subject to hydrolysis) is 1. The highest BCUT2D eigenvalue weighted by atomic mass is 16.6. The number of amides is 1. The summed E-state index contributed by atoms with van der Waals surface area (Å²) >= 11 is 0. The Morgan fingerprint density at radius 3 is 2.33 bits per heavy atom. The highest BCUT2D eigenvalue weighted by Gasteiger charge is 2.22. The van der Waals surface area contributed by atoms with E-state index in [0.29, 0.717) is 6.42 Å². The van der Waals surface area contributed by atoms with Crippen molar-refractivity contribution >= 4 is 11.9 Å². The van der Waals surface area contributed by atoms with E-state index < -0.39 is 23.5 Å². The molecule has 0 aliphatic rings. The second kappa shape index (κ2) is 5.35. The van der Waals surface area contributed by atoms with Crippen molar-refractivity contribution in [3.8, 4) is 6.07 Å². The van der Waals surface area contributed by atoms with Crippen molar-refractivity contribution in [2.75, 3.05) is 0 Å². The average Bonchev–Trinajstić information content (AvgIpc) is 2.10. The van der Waals surface area contributed by atoms with E-state index in [9.17, 15) is 9.59 Å². The lowest BCUT2D eigenvalue weighted by Crippen LogP contribution is -2.42. The summed E-state index contributed by atoms with van der Waals surface area (Å²) in [7, 11) is 0. The van der Waals surface area contributed by atoms with Gasteiger partial charge in [-0.1, -0.05) is 6.92 Å². The summed E-state index contributed by atoms with van der Waals surface area (Å²) in [5.41, 5.74) is -0.613. The Balaban J connectivity index is 4.27. The molecule has 0 aromatic carbocycles. The maximum atomic E-state index is 11.3. The third kappa shape index (κ3) is 5.68. The first-order valence-electron chi connectivity index (χ1n) is 4.73. The van der Waals surface area contributed by atoms with E-state index in [2.05, 4.69) is 5.32 Å². The summed E-state index contributed by atoms with van der Waals surface area (Å²) in [6, 6.07) is 0.688. The van der Waals surface area contributed by atoms with Gasteiger partial charge in [0.1, 0.15) is 17.7 Å². The normalized spacial score (nSPS) is 12.5. The Bertz CT molecular complexity index is 286. The monoisotopic (exact) mass is 212 g/mol. The Hall–Kier alpha value is -1.57. The van der Waals surface area contributed by atoms with Gasteiger partial charge in [-0.15, -0.1) is 0 Å². The van der Waals surface area contributed by atoms with E-state index in [0.717, 1.165) is 0 Å². The first kappa shape index (κ1) is 13.4. The zero-order valence-electron chi connectivity index (χ0n) is 9.46. The van der Waals surface area contributed by atoms with E-state index in [-0.39, 0.29) is 0 Å². The minimum absolute atomic E-state index is 0.367. The highest BCUT2D eigenvalue weighted by molar-refractivity contribution is 5.99. The molecule has 0 spiro atoms. The first-order chi connectivity index (χ1) is 6.80. The van der Waals surface area contributed by atoms with Gasteiger partial charge in [-0.25, -0.2) is 4.79 Å².